The van der Waals surface area contributed by atoms with Crippen LogP contribution in [-0.4, -0.2) is 5.11 Å². The Kier molecular flexibility index (Phi) is 3.52. The zero-order valence-electron chi connectivity index (χ0n) is 13.5. The quantitative estimate of drug-likeness (QED) is 0.446. The number of hydrogen-bond donors (Lipinski definition) is 1. The highest BCUT2D eigenvalue weighted by molar-refractivity contribution is 9.10. The Hall–Kier alpha value is -2.10. The smallest absolute Gasteiger partial charge is 0.136 e. The minimum Gasteiger partial charge on any atom is -0.456 e. The largest absolute Gasteiger partial charge is 0.456 e. The second-order valence-electron chi connectivity index (χ2n) is 6.56. The highest BCUT2D eigenvalue weighted by Crippen LogP contribution is 2.37. The first kappa shape index (κ1) is 15.4. The number of fused-ring (bicyclic) bond motifs is 3. The lowest BCUT2D eigenvalue weighted by Crippen LogP contribution is -2.16. The predicted molar refractivity (Wildman–Crippen MR) is 102 cm³/mol. The van der Waals surface area contributed by atoms with Crippen LogP contribution >= 0.6 is 15.9 Å². The molecule has 0 atom stereocenters. The molecule has 3 aromatic carbocycles. The minimum absolute atomic E-state index is 0.860. The Labute approximate surface area is 148 Å². The first-order valence-electron chi connectivity index (χ1n) is 7.87. The molecular weight excluding hydrogens is 364 g/mol. The summed E-state index contributed by atoms with van der Waals surface area (Å²) in [5.74, 6) is 0. The fourth-order valence-corrected chi connectivity index (χ4v) is 3.53. The second kappa shape index (κ2) is 5.47. The van der Waals surface area contributed by atoms with Gasteiger partial charge in [-0.3, -0.25) is 0 Å². The number of benzene rings is 3. The number of aliphatic hydroxyl groups is 1. The van der Waals surface area contributed by atoms with E-state index in [0.717, 1.165) is 43.1 Å². The van der Waals surface area contributed by atoms with Gasteiger partial charge in [0.05, 0.1) is 5.60 Å². The maximum Gasteiger partial charge on any atom is 0.136 e. The van der Waals surface area contributed by atoms with Crippen LogP contribution in [0.3, 0.4) is 0 Å². The molecule has 4 aromatic rings. The van der Waals surface area contributed by atoms with Crippen molar-refractivity contribution in [3.63, 3.8) is 0 Å². The van der Waals surface area contributed by atoms with Crippen molar-refractivity contribution in [1.29, 1.82) is 0 Å². The lowest BCUT2D eigenvalue weighted by Gasteiger charge is -2.22. The van der Waals surface area contributed by atoms with Gasteiger partial charge in [0.25, 0.3) is 0 Å². The van der Waals surface area contributed by atoms with E-state index < -0.39 is 5.60 Å². The van der Waals surface area contributed by atoms with Gasteiger partial charge in [0.1, 0.15) is 11.2 Å². The molecule has 2 nitrogen and oxygen atoms in total. The normalized spacial score (nSPS) is 12.2. The molecule has 0 bridgehead atoms. The molecule has 0 saturated heterocycles. The van der Waals surface area contributed by atoms with E-state index in [1.807, 2.05) is 42.5 Å². The molecule has 0 saturated carbocycles. The molecule has 120 valence electrons. The van der Waals surface area contributed by atoms with E-state index in [2.05, 4.69) is 34.1 Å². The fourth-order valence-electron chi connectivity index (χ4n) is 3.17. The summed E-state index contributed by atoms with van der Waals surface area (Å²) in [5.41, 5.74) is 3.75. The van der Waals surface area contributed by atoms with Crippen molar-refractivity contribution in [1.82, 2.24) is 0 Å². The molecule has 24 heavy (non-hydrogen) atoms. The van der Waals surface area contributed by atoms with E-state index in [9.17, 15) is 5.11 Å². The van der Waals surface area contributed by atoms with Gasteiger partial charge in [-0.2, -0.15) is 0 Å². The molecule has 0 unspecified atom stereocenters. The summed E-state index contributed by atoms with van der Waals surface area (Å²) >= 11 is 3.49. The van der Waals surface area contributed by atoms with E-state index in [0.29, 0.717) is 0 Å². The molecule has 3 heteroatoms. The van der Waals surface area contributed by atoms with Gasteiger partial charge in [-0.15, -0.1) is 0 Å². The molecule has 1 heterocycles. The Morgan fingerprint density at radius 3 is 2.42 bits per heavy atom. The fraction of sp³-hybridized carbons (Fsp3) is 0.143. The van der Waals surface area contributed by atoms with Crippen LogP contribution in [0.1, 0.15) is 19.4 Å². The summed E-state index contributed by atoms with van der Waals surface area (Å²) in [6, 6.07) is 20.3. The van der Waals surface area contributed by atoms with E-state index >= 15 is 0 Å². The molecule has 0 amide bonds. The highest BCUT2D eigenvalue weighted by Gasteiger charge is 2.21. The Balaban J connectivity index is 1.96. The van der Waals surface area contributed by atoms with Crippen LogP contribution in [0.2, 0.25) is 0 Å². The number of furan rings is 1. The van der Waals surface area contributed by atoms with Crippen LogP contribution in [0.4, 0.5) is 0 Å². The van der Waals surface area contributed by atoms with Gasteiger partial charge in [-0.25, -0.2) is 0 Å². The molecule has 0 aliphatic carbocycles. The number of halogens is 1. The standard InChI is InChI=1S/C21H17BrO2/c1-21(2,23)18-12-14(22)8-10-15(18)13-7-9-17-16-5-3-4-6-19(16)24-20(17)11-13/h3-12,23H,1-2H3. The number of para-hydroxylation sites is 1. The van der Waals surface area contributed by atoms with Gasteiger partial charge in [0.2, 0.25) is 0 Å². The Bertz CT molecular complexity index is 1050. The average Bonchev–Trinajstić information content (AvgIpc) is 2.91. The average molecular weight is 381 g/mol. The highest BCUT2D eigenvalue weighted by atomic mass is 79.9. The van der Waals surface area contributed by atoms with E-state index in [-0.39, 0.29) is 0 Å². The summed E-state index contributed by atoms with van der Waals surface area (Å²) in [6.07, 6.45) is 0. The molecule has 0 fully saturated rings. The maximum atomic E-state index is 10.5. The second-order valence-corrected chi connectivity index (χ2v) is 7.47. The summed E-state index contributed by atoms with van der Waals surface area (Å²) < 4.78 is 6.94. The van der Waals surface area contributed by atoms with Crippen molar-refractivity contribution >= 4 is 37.9 Å². The van der Waals surface area contributed by atoms with Crippen molar-refractivity contribution in [2.75, 3.05) is 0 Å². The van der Waals surface area contributed by atoms with Crippen LogP contribution in [-0.2, 0) is 5.60 Å². The van der Waals surface area contributed by atoms with Crippen LogP contribution in [0.25, 0.3) is 33.1 Å². The van der Waals surface area contributed by atoms with Gasteiger partial charge < -0.3 is 9.52 Å². The number of hydrogen-bond acceptors (Lipinski definition) is 2. The minimum atomic E-state index is -0.929. The van der Waals surface area contributed by atoms with Crippen LogP contribution < -0.4 is 0 Å². The summed E-state index contributed by atoms with van der Waals surface area (Å²) in [4.78, 5) is 0. The predicted octanol–water partition coefficient (Wildman–Crippen LogP) is 6.24. The molecule has 0 spiro atoms. The summed E-state index contributed by atoms with van der Waals surface area (Å²) in [5, 5.41) is 12.8. The molecule has 0 radical (unpaired) electrons. The van der Waals surface area contributed by atoms with E-state index in [1.165, 1.54) is 0 Å². The molecule has 1 N–H and O–H groups in total. The van der Waals surface area contributed by atoms with Gasteiger partial charge >= 0.3 is 0 Å². The van der Waals surface area contributed by atoms with Gasteiger partial charge in [0.15, 0.2) is 0 Å². The lowest BCUT2D eigenvalue weighted by atomic mass is 9.89. The van der Waals surface area contributed by atoms with Crippen molar-refractivity contribution in [3.8, 4) is 11.1 Å². The first-order chi connectivity index (χ1) is 11.4. The zero-order valence-corrected chi connectivity index (χ0v) is 15.1. The van der Waals surface area contributed by atoms with Crippen molar-refractivity contribution in [2.24, 2.45) is 0 Å². The van der Waals surface area contributed by atoms with Crippen molar-refractivity contribution < 1.29 is 9.52 Å². The Morgan fingerprint density at radius 2 is 1.62 bits per heavy atom. The van der Waals surface area contributed by atoms with Crippen molar-refractivity contribution in [2.45, 2.75) is 19.4 Å². The topological polar surface area (TPSA) is 33.4 Å². The number of rotatable bonds is 2. The van der Waals surface area contributed by atoms with Crippen LogP contribution in [0.15, 0.2) is 69.6 Å². The van der Waals surface area contributed by atoms with Gasteiger partial charge in [-0.05, 0) is 60.9 Å². The van der Waals surface area contributed by atoms with Crippen molar-refractivity contribution in [3.05, 3.63) is 70.7 Å². The zero-order chi connectivity index (χ0) is 16.9. The molecule has 0 aliphatic heterocycles. The molecular formula is C21H17BrO2. The molecule has 4 rings (SSSR count). The first-order valence-corrected chi connectivity index (χ1v) is 8.67. The van der Waals surface area contributed by atoms with E-state index in [4.69, 9.17) is 4.42 Å². The third-order valence-electron chi connectivity index (χ3n) is 4.33. The monoisotopic (exact) mass is 380 g/mol. The van der Waals surface area contributed by atoms with Gasteiger partial charge in [0, 0.05) is 15.2 Å². The molecule has 0 aliphatic rings. The van der Waals surface area contributed by atoms with Crippen LogP contribution in [0.5, 0.6) is 0 Å². The Morgan fingerprint density at radius 1 is 0.875 bits per heavy atom. The maximum absolute atomic E-state index is 10.5. The van der Waals surface area contributed by atoms with E-state index in [1.54, 1.807) is 13.8 Å². The molecule has 1 aromatic heterocycles. The third kappa shape index (κ3) is 2.54. The SMILES string of the molecule is CC(C)(O)c1cc(Br)ccc1-c1ccc2c(c1)oc1ccccc12. The van der Waals surface area contributed by atoms with Crippen LogP contribution in [0, 0.1) is 0 Å². The lowest BCUT2D eigenvalue weighted by molar-refractivity contribution is 0.0791. The summed E-state index contributed by atoms with van der Waals surface area (Å²) in [7, 11) is 0. The van der Waals surface area contributed by atoms with Gasteiger partial charge in [-0.1, -0.05) is 46.3 Å². The third-order valence-corrected chi connectivity index (χ3v) is 4.82. The summed E-state index contributed by atoms with van der Waals surface area (Å²) in [6.45, 7) is 3.61.